The van der Waals surface area contributed by atoms with E-state index >= 15 is 0 Å². The molecule has 0 radical (unpaired) electrons. The maximum Gasteiger partial charge on any atom is 0.251 e. The summed E-state index contributed by atoms with van der Waals surface area (Å²) in [6.07, 6.45) is 1.61. The van der Waals surface area contributed by atoms with Crippen LogP contribution in [0.3, 0.4) is 0 Å². The number of aliphatic hydroxyl groups excluding tert-OH is 1. The molecule has 1 aliphatic rings. The van der Waals surface area contributed by atoms with E-state index in [4.69, 9.17) is 23.2 Å². The second kappa shape index (κ2) is 16.5. The molecule has 8 nitrogen and oxygen atoms in total. The summed E-state index contributed by atoms with van der Waals surface area (Å²) in [5.74, 6) is -0.301. The van der Waals surface area contributed by atoms with Gasteiger partial charge in [-0.2, -0.15) is 0 Å². The fourth-order valence-corrected chi connectivity index (χ4v) is 6.94. The standard InChI is InChI=1S/C31H38Cl2N4O4S.ClH/c1-2-35-25-18-24(19-26(20-25)37-14-6-7-15-42(37,40)41)31(39)36-29(17-22-8-4-3-5-9-22)30(38)21-34-13-12-23-10-11-27(32)28(33)16-23;/h3-5,8-11,16,18-20,29-30,34-35,38H,2,6-7,12-15,17,21H2,1H3,(H,36,39);1H/t29-,30+;/m0./s1. The second-order valence-electron chi connectivity index (χ2n) is 10.4. The number of benzene rings is 3. The molecule has 0 unspecified atom stereocenters. The number of nitrogens with one attached hydrogen (secondary N) is 3. The van der Waals surface area contributed by atoms with E-state index in [1.54, 1.807) is 24.3 Å². The van der Waals surface area contributed by atoms with Gasteiger partial charge in [-0.05, 0) is 80.6 Å². The molecule has 0 aromatic heterocycles. The van der Waals surface area contributed by atoms with Crippen molar-refractivity contribution < 1.29 is 18.3 Å². The normalized spacial score (nSPS) is 15.7. The molecule has 1 saturated heterocycles. The summed E-state index contributed by atoms with van der Waals surface area (Å²) in [5, 5.41) is 21.7. The third-order valence-electron chi connectivity index (χ3n) is 7.21. The lowest BCUT2D eigenvalue weighted by Crippen LogP contribution is -2.49. The first-order valence-electron chi connectivity index (χ1n) is 14.2. The molecule has 3 aromatic carbocycles. The van der Waals surface area contributed by atoms with Crippen molar-refractivity contribution in [3.05, 3.63) is 93.5 Å². The zero-order chi connectivity index (χ0) is 30.1. The van der Waals surface area contributed by atoms with Gasteiger partial charge in [0.1, 0.15) is 0 Å². The Morgan fingerprint density at radius 2 is 1.77 bits per heavy atom. The fourth-order valence-electron chi connectivity index (χ4n) is 4.99. The van der Waals surface area contributed by atoms with Crippen LogP contribution in [0.5, 0.6) is 0 Å². The molecule has 0 spiro atoms. The predicted octanol–water partition coefficient (Wildman–Crippen LogP) is 5.31. The molecule has 43 heavy (non-hydrogen) atoms. The number of carbonyl (C=O) groups is 1. The van der Waals surface area contributed by atoms with Gasteiger partial charge in [0.25, 0.3) is 5.91 Å². The number of hydrogen-bond donors (Lipinski definition) is 4. The van der Waals surface area contributed by atoms with E-state index in [-0.39, 0.29) is 30.6 Å². The lowest BCUT2D eigenvalue weighted by atomic mass is 10.00. The summed E-state index contributed by atoms with van der Waals surface area (Å²) in [6.45, 7) is 3.78. The summed E-state index contributed by atoms with van der Waals surface area (Å²) in [6, 6.07) is 19.6. The number of nitrogens with zero attached hydrogens (tertiary/aromatic N) is 1. The van der Waals surface area contributed by atoms with Gasteiger partial charge in [0.05, 0.1) is 33.6 Å². The van der Waals surface area contributed by atoms with Crippen LogP contribution in [0.15, 0.2) is 66.7 Å². The van der Waals surface area contributed by atoms with Gasteiger partial charge in [-0.25, -0.2) is 8.42 Å². The number of sulfonamides is 1. The number of amides is 1. The quantitative estimate of drug-likeness (QED) is 0.184. The van der Waals surface area contributed by atoms with Gasteiger partial charge < -0.3 is 21.1 Å². The number of halogens is 3. The summed E-state index contributed by atoms with van der Waals surface area (Å²) < 4.78 is 27.0. The highest BCUT2D eigenvalue weighted by atomic mass is 35.5. The lowest BCUT2D eigenvalue weighted by molar-refractivity contribution is 0.0831. The molecule has 0 bridgehead atoms. The molecule has 1 fully saturated rings. The van der Waals surface area contributed by atoms with Crippen LogP contribution in [0, 0.1) is 0 Å². The molecule has 0 saturated carbocycles. The van der Waals surface area contributed by atoms with Gasteiger partial charge in [-0.3, -0.25) is 9.10 Å². The lowest BCUT2D eigenvalue weighted by Gasteiger charge is -2.29. The van der Waals surface area contributed by atoms with Gasteiger partial charge in [0, 0.05) is 30.9 Å². The largest absolute Gasteiger partial charge is 0.390 e. The summed E-state index contributed by atoms with van der Waals surface area (Å²) in [4.78, 5) is 13.6. The van der Waals surface area contributed by atoms with Crippen LogP contribution in [-0.4, -0.2) is 63.5 Å². The van der Waals surface area contributed by atoms with Crippen LogP contribution in [-0.2, 0) is 22.9 Å². The van der Waals surface area contributed by atoms with Crippen LogP contribution < -0.4 is 20.3 Å². The first-order chi connectivity index (χ1) is 20.2. The summed E-state index contributed by atoms with van der Waals surface area (Å²) in [7, 11) is -3.45. The Hall–Kier alpha value is -2.53. The Balaban J connectivity index is 0.00000506. The average molecular weight is 670 g/mol. The van der Waals surface area contributed by atoms with Crippen LogP contribution in [0.2, 0.25) is 10.0 Å². The molecule has 1 amide bonds. The van der Waals surface area contributed by atoms with Crippen molar-refractivity contribution in [2.75, 3.05) is 41.6 Å². The zero-order valence-corrected chi connectivity index (χ0v) is 27.2. The maximum absolute atomic E-state index is 13.6. The number of aliphatic hydroxyl groups is 1. The van der Waals surface area contributed by atoms with Crippen LogP contribution in [0.25, 0.3) is 0 Å². The van der Waals surface area contributed by atoms with E-state index in [0.717, 1.165) is 17.5 Å². The second-order valence-corrected chi connectivity index (χ2v) is 13.3. The van der Waals surface area contributed by atoms with E-state index in [1.807, 2.05) is 49.4 Å². The van der Waals surface area contributed by atoms with Crippen LogP contribution >= 0.6 is 35.6 Å². The van der Waals surface area contributed by atoms with Crippen molar-refractivity contribution in [2.24, 2.45) is 0 Å². The number of hydrogen-bond acceptors (Lipinski definition) is 6. The number of carbonyl (C=O) groups excluding carboxylic acids is 1. The highest BCUT2D eigenvalue weighted by Crippen LogP contribution is 2.28. The first kappa shape index (κ1) is 35.0. The smallest absolute Gasteiger partial charge is 0.251 e. The number of anilines is 2. The average Bonchev–Trinajstić information content (AvgIpc) is 2.97. The molecule has 12 heteroatoms. The SMILES string of the molecule is CCNc1cc(C(=O)N[C@@H](Cc2ccccc2)[C@H](O)CNCCc2ccc(Cl)c(Cl)c2)cc(N2CCCCS2(=O)=O)c1.Cl. The minimum Gasteiger partial charge on any atom is -0.390 e. The molecule has 1 aliphatic heterocycles. The Labute approximate surface area is 270 Å². The van der Waals surface area contributed by atoms with Gasteiger partial charge in [0.2, 0.25) is 10.0 Å². The van der Waals surface area contributed by atoms with Gasteiger partial charge in [-0.1, -0.05) is 59.6 Å². The zero-order valence-electron chi connectivity index (χ0n) is 24.1. The van der Waals surface area contributed by atoms with Crippen LogP contribution in [0.4, 0.5) is 11.4 Å². The Kier molecular flexibility index (Phi) is 13.4. The maximum atomic E-state index is 13.6. The van der Waals surface area contributed by atoms with E-state index < -0.39 is 22.2 Å². The molecule has 4 N–H and O–H groups in total. The highest BCUT2D eigenvalue weighted by Gasteiger charge is 2.28. The fraction of sp³-hybridized carbons (Fsp3) is 0.387. The minimum absolute atomic E-state index is 0. The molecular weight excluding hydrogens is 631 g/mol. The van der Waals surface area contributed by atoms with E-state index in [9.17, 15) is 18.3 Å². The minimum atomic E-state index is -3.45. The highest BCUT2D eigenvalue weighted by molar-refractivity contribution is 7.92. The molecule has 0 aliphatic carbocycles. The first-order valence-corrected chi connectivity index (χ1v) is 16.6. The van der Waals surface area contributed by atoms with E-state index in [0.29, 0.717) is 65.9 Å². The van der Waals surface area contributed by atoms with E-state index in [2.05, 4.69) is 16.0 Å². The van der Waals surface area contributed by atoms with Gasteiger partial charge in [0.15, 0.2) is 0 Å². The number of rotatable bonds is 13. The predicted molar refractivity (Wildman–Crippen MR) is 179 cm³/mol. The molecule has 234 valence electrons. The van der Waals surface area contributed by atoms with Crippen molar-refractivity contribution >= 4 is 62.9 Å². The Morgan fingerprint density at radius 3 is 2.47 bits per heavy atom. The van der Waals surface area contributed by atoms with Crippen molar-refractivity contribution in [3.63, 3.8) is 0 Å². The molecule has 4 rings (SSSR count). The Morgan fingerprint density at radius 1 is 1.00 bits per heavy atom. The van der Waals surface area contributed by atoms with E-state index in [1.165, 1.54) is 4.31 Å². The van der Waals surface area contributed by atoms with Gasteiger partial charge in [-0.15, -0.1) is 12.4 Å². The molecule has 1 heterocycles. The third kappa shape index (κ3) is 9.99. The van der Waals surface area contributed by atoms with Crippen molar-refractivity contribution in [1.82, 2.24) is 10.6 Å². The van der Waals surface area contributed by atoms with Gasteiger partial charge >= 0.3 is 0 Å². The van der Waals surface area contributed by atoms with Crippen molar-refractivity contribution in [3.8, 4) is 0 Å². The molecule has 3 aromatic rings. The van der Waals surface area contributed by atoms with Crippen molar-refractivity contribution in [2.45, 2.75) is 44.8 Å². The molecule has 2 atom stereocenters. The molecular formula is C31H39Cl3N4O4S. The van der Waals surface area contributed by atoms with Crippen LogP contribution in [0.1, 0.15) is 41.3 Å². The summed E-state index contributed by atoms with van der Waals surface area (Å²) in [5.41, 5.74) is 3.43. The third-order valence-corrected chi connectivity index (χ3v) is 9.81. The topological polar surface area (TPSA) is 111 Å². The Bertz CT molecular complexity index is 1460. The monoisotopic (exact) mass is 668 g/mol. The van der Waals surface area contributed by atoms with Crippen molar-refractivity contribution in [1.29, 1.82) is 0 Å². The summed E-state index contributed by atoms with van der Waals surface area (Å²) >= 11 is 12.1.